The Bertz CT molecular complexity index is 633. The van der Waals surface area contributed by atoms with Crippen LogP contribution in [0.25, 0.3) is 11.1 Å². The van der Waals surface area contributed by atoms with E-state index in [4.69, 9.17) is 9.26 Å². The van der Waals surface area contributed by atoms with Gasteiger partial charge in [-0.05, 0) is 26.7 Å². The molecule has 1 fully saturated rings. The molecule has 0 aliphatic heterocycles. The van der Waals surface area contributed by atoms with Crippen molar-refractivity contribution >= 4 is 22.9 Å². The lowest BCUT2D eigenvalue weighted by atomic mass is 10.3. The number of ether oxygens (including phenoxy) is 1. The molecule has 0 spiro atoms. The second kappa shape index (κ2) is 4.49. The number of carbonyl (C=O) groups excluding carboxylic acids is 1. The predicted octanol–water partition coefficient (Wildman–Crippen LogP) is 1.68. The molecule has 1 aliphatic rings. The van der Waals surface area contributed by atoms with Crippen molar-refractivity contribution in [1.29, 1.82) is 0 Å². The number of rotatable bonds is 4. The number of carbonyl (C=O) groups is 1. The van der Waals surface area contributed by atoms with Gasteiger partial charge in [-0.2, -0.15) is 4.98 Å². The molecule has 0 amide bonds. The molecule has 1 aliphatic carbocycles. The molecule has 3 rings (SSSR count). The number of esters is 1. The summed E-state index contributed by atoms with van der Waals surface area (Å²) < 4.78 is 10.0. The molecule has 1 N–H and O–H groups in total. The van der Waals surface area contributed by atoms with E-state index in [-0.39, 0.29) is 12.4 Å². The smallest absolute Gasteiger partial charge is 0.376 e. The predicted molar refractivity (Wildman–Crippen MR) is 66.9 cm³/mol. The van der Waals surface area contributed by atoms with E-state index < -0.39 is 5.97 Å². The molecular formula is C12H14N4O3. The van der Waals surface area contributed by atoms with Crippen molar-refractivity contribution in [3.63, 3.8) is 0 Å². The third kappa shape index (κ3) is 2.23. The van der Waals surface area contributed by atoms with Gasteiger partial charge in [0.05, 0.1) is 12.3 Å². The van der Waals surface area contributed by atoms with Gasteiger partial charge in [-0.15, -0.1) is 0 Å². The SMILES string of the molecule is CCOC(=O)c1nc(NC2CC2)c2c(C)noc2n1. The van der Waals surface area contributed by atoms with Gasteiger partial charge < -0.3 is 14.6 Å². The van der Waals surface area contributed by atoms with Gasteiger partial charge in [0.2, 0.25) is 5.82 Å². The van der Waals surface area contributed by atoms with Crippen molar-refractivity contribution in [2.24, 2.45) is 0 Å². The maximum atomic E-state index is 11.7. The molecule has 0 bridgehead atoms. The third-order valence-corrected chi connectivity index (χ3v) is 2.88. The Morgan fingerprint density at radius 2 is 2.26 bits per heavy atom. The number of hydrogen-bond donors (Lipinski definition) is 1. The fraction of sp³-hybridized carbons (Fsp3) is 0.500. The number of nitrogens with one attached hydrogen (secondary N) is 1. The average Bonchev–Trinajstić information content (AvgIpc) is 3.12. The van der Waals surface area contributed by atoms with Gasteiger partial charge in [-0.25, -0.2) is 9.78 Å². The minimum atomic E-state index is -0.558. The van der Waals surface area contributed by atoms with E-state index in [1.807, 2.05) is 6.92 Å². The Balaban J connectivity index is 2.07. The zero-order valence-electron chi connectivity index (χ0n) is 10.8. The van der Waals surface area contributed by atoms with Crippen molar-refractivity contribution in [3.8, 4) is 0 Å². The number of fused-ring (bicyclic) bond motifs is 1. The molecule has 1 saturated carbocycles. The Labute approximate surface area is 109 Å². The Kier molecular flexibility index (Phi) is 2.81. The van der Waals surface area contributed by atoms with Crippen molar-refractivity contribution < 1.29 is 14.1 Å². The highest BCUT2D eigenvalue weighted by Gasteiger charge is 2.26. The molecule has 0 saturated heterocycles. The Morgan fingerprint density at radius 3 is 2.95 bits per heavy atom. The highest BCUT2D eigenvalue weighted by Crippen LogP contribution is 2.29. The van der Waals surface area contributed by atoms with Crippen molar-refractivity contribution in [2.75, 3.05) is 11.9 Å². The zero-order valence-corrected chi connectivity index (χ0v) is 10.8. The lowest BCUT2D eigenvalue weighted by molar-refractivity contribution is 0.0512. The second-order valence-electron chi connectivity index (χ2n) is 4.48. The van der Waals surface area contributed by atoms with Crippen LogP contribution in [0.3, 0.4) is 0 Å². The van der Waals surface area contributed by atoms with Gasteiger partial charge in [-0.1, -0.05) is 5.16 Å². The monoisotopic (exact) mass is 262 g/mol. The summed E-state index contributed by atoms with van der Waals surface area (Å²) in [7, 11) is 0. The minimum absolute atomic E-state index is 0.00588. The van der Waals surface area contributed by atoms with Crippen molar-refractivity contribution in [3.05, 3.63) is 11.5 Å². The number of anilines is 1. The summed E-state index contributed by atoms with van der Waals surface area (Å²) in [4.78, 5) is 20.0. The molecule has 0 atom stereocenters. The van der Waals surface area contributed by atoms with E-state index in [2.05, 4.69) is 20.4 Å². The standard InChI is InChI=1S/C12H14N4O3/c1-3-18-12(17)10-14-9(13-7-4-5-7)8-6(2)16-19-11(8)15-10/h7H,3-5H2,1-2H3,(H,13,14,15). The quantitative estimate of drug-likeness (QED) is 0.838. The lowest BCUT2D eigenvalue weighted by Crippen LogP contribution is -2.13. The summed E-state index contributed by atoms with van der Waals surface area (Å²) in [6.45, 7) is 3.83. The van der Waals surface area contributed by atoms with Crippen molar-refractivity contribution in [2.45, 2.75) is 32.7 Å². The maximum Gasteiger partial charge on any atom is 0.376 e. The molecule has 100 valence electrons. The van der Waals surface area contributed by atoms with Gasteiger partial charge in [0, 0.05) is 6.04 Å². The molecule has 0 aromatic carbocycles. The molecular weight excluding hydrogens is 248 g/mol. The van der Waals surface area contributed by atoms with Crippen LogP contribution in [-0.2, 0) is 4.74 Å². The van der Waals surface area contributed by atoms with Crippen LogP contribution in [0.4, 0.5) is 5.82 Å². The van der Waals surface area contributed by atoms with Crippen LogP contribution in [0.2, 0.25) is 0 Å². The van der Waals surface area contributed by atoms with Gasteiger partial charge >= 0.3 is 5.97 Å². The highest BCUT2D eigenvalue weighted by molar-refractivity contribution is 5.93. The number of aromatic nitrogens is 3. The van der Waals surface area contributed by atoms with Crippen LogP contribution in [0.15, 0.2) is 4.52 Å². The zero-order chi connectivity index (χ0) is 13.4. The van der Waals surface area contributed by atoms with Gasteiger partial charge in [-0.3, -0.25) is 0 Å². The minimum Gasteiger partial charge on any atom is -0.460 e. The topological polar surface area (TPSA) is 90.1 Å². The van der Waals surface area contributed by atoms with E-state index >= 15 is 0 Å². The summed E-state index contributed by atoms with van der Waals surface area (Å²) in [6.07, 6.45) is 2.20. The third-order valence-electron chi connectivity index (χ3n) is 2.88. The molecule has 2 heterocycles. The number of aryl methyl sites for hydroxylation is 1. The van der Waals surface area contributed by atoms with Crippen LogP contribution in [-0.4, -0.2) is 33.7 Å². The Morgan fingerprint density at radius 1 is 1.47 bits per heavy atom. The van der Waals surface area contributed by atoms with Gasteiger partial charge in [0.15, 0.2) is 0 Å². The molecule has 7 nitrogen and oxygen atoms in total. The van der Waals surface area contributed by atoms with Crippen LogP contribution < -0.4 is 5.32 Å². The summed E-state index contributed by atoms with van der Waals surface area (Å²) in [5.41, 5.74) is 1.01. The number of hydrogen-bond acceptors (Lipinski definition) is 7. The van der Waals surface area contributed by atoms with Crippen LogP contribution in [0.1, 0.15) is 36.1 Å². The number of nitrogens with zero attached hydrogens (tertiary/aromatic N) is 3. The van der Waals surface area contributed by atoms with E-state index in [0.717, 1.165) is 18.2 Å². The first kappa shape index (κ1) is 11.9. The summed E-state index contributed by atoms with van der Waals surface area (Å²) in [6, 6.07) is 0.405. The lowest BCUT2D eigenvalue weighted by Gasteiger charge is -2.06. The van der Waals surface area contributed by atoms with E-state index in [0.29, 0.717) is 23.3 Å². The average molecular weight is 262 g/mol. The molecule has 2 aromatic rings. The second-order valence-corrected chi connectivity index (χ2v) is 4.48. The molecule has 7 heteroatoms. The van der Waals surface area contributed by atoms with E-state index in [9.17, 15) is 4.79 Å². The molecule has 2 aromatic heterocycles. The summed E-state index contributed by atoms with van der Waals surface area (Å²) >= 11 is 0. The largest absolute Gasteiger partial charge is 0.460 e. The van der Waals surface area contributed by atoms with Crippen LogP contribution in [0.5, 0.6) is 0 Å². The fourth-order valence-electron chi connectivity index (χ4n) is 1.80. The fourth-order valence-corrected chi connectivity index (χ4v) is 1.80. The normalized spacial score (nSPS) is 14.6. The summed E-state index contributed by atoms with van der Waals surface area (Å²) in [5.74, 6) is 0.0280. The first-order valence-electron chi connectivity index (χ1n) is 6.26. The van der Waals surface area contributed by atoms with Crippen molar-refractivity contribution in [1.82, 2.24) is 15.1 Å². The van der Waals surface area contributed by atoms with Gasteiger partial charge in [0.25, 0.3) is 5.71 Å². The van der Waals surface area contributed by atoms with Gasteiger partial charge in [0.1, 0.15) is 11.2 Å². The Hall–Kier alpha value is -2.18. The summed E-state index contributed by atoms with van der Waals surface area (Å²) in [5, 5.41) is 7.85. The van der Waals surface area contributed by atoms with E-state index in [1.54, 1.807) is 6.92 Å². The highest BCUT2D eigenvalue weighted by atomic mass is 16.5. The molecule has 0 unspecified atom stereocenters. The molecule has 19 heavy (non-hydrogen) atoms. The maximum absolute atomic E-state index is 11.7. The van der Waals surface area contributed by atoms with E-state index in [1.165, 1.54) is 0 Å². The van der Waals surface area contributed by atoms with Crippen LogP contribution in [0, 0.1) is 6.92 Å². The first-order chi connectivity index (χ1) is 9.19. The first-order valence-corrected chi connectivity index (χ1v) is 6.26. The molecule has 0 radical (unpaired) electrons. The van der Waals surface area contributed by atoms with Crippen LogP contribution >= 0.6 is 0 Å².